The van der Waals surface area contributed by atoms with E-state index in [1.165, 1.54) is 0 Å². The Bertz CT molecular complexity index is 624. The van der Waals surface area contributed by atoms with Gasteiger partial charge in [0.25, 0.3) is 0 Å². The minimum absolute atomic E-state index is 0.0752. The first kappa shape index (κ1) is 19.2. The van der Waals surface area contributed by atoms with E-state index in [0.29, 0.717) is 34.9 Å². The third-order valence-electron chi connectivity index (χ3n) is 3.77. The predicted octanol–water partition coefficient (Wildman–Crippen LogP) is 6.54. The molecule has 0 heterocycles. The van der Waals surface area contributed by atoms with Crippen LogP contribution in [0.25, 0.3) is 0 Å². The predicted molar refractivity (Wildman–Crippen MR) is 96.5 cm³/mol. The van der Waals surface area contributed by atoms with Crippen LogP contribution in [0, 0.1) is 0 Å². The summed E-state index contributed by atoms with van der Waals surface area (Å²) in [4.78, 5) is 11.3. The van der Waals surface area contributed by atoms with Gasteiger partial charge in [0.15, 0.2) is 15.0 Å². The molecule has 0 spiro atoms. The minimum atomic E-state index is -1.37. The van der Waals surface area contributed by atoms with Crippen molar-refractivity contribution >= 4 is 64.0 Å². The maximum absolute atomic E-state index is 12.7. The Hall–Kier alpha value is -0.120. The van der Waals surface area contributed by atoms with Crippen LogP contribution in [0.2, 0.25) is 5.02 Å². The van der Waals surface area contributed by atoms with Crippen LogP contribution in [0.5, 0.6) is 0 Å². The lowest BCUT2D eigenvalue weighted by Crippen LogP contribution is -2.34. The second-order valence-corrected chi connectivity index (χ2v) is 8.36. The van der Waals surface area contributed by atoms with Gasteiger partial charge in [-0.3, -0.25) is 0 Å². The number of rotatable bonds is 4. The number of alkyl halides is 3. The summed E-state index contributed by atoms with van der Waals surface area (Å²) in [5, 5.41) is 0.900. The molecule has 1 aromatic carbocycles. The van der Waals surface area contributed by atoms with E-state index in [4.69, 9.17) is 62.7 Å². The first-order valence-corrected chi connectivity index (χ1v) is 9.04. The topological polar surface area (TPSA) is 26.3 Å². The standard InChI is InChI=1S/C16H15Cl5O2/c1-2-15(19,10-5-7-11(17)8-6-10)14(22)23-13-12(18)4-3-9-16(13,20)21/h5-8H,2-4,9H2,1H3/t15-/m0/s1. The Morgan fingerprint density at radius 2 is 1.87 bits per heavy atom. The van der Waals surface area contributed by atoms with Gasteiger partial charge in [-0.15, -0.1) is 11.6 Å². The van der Waals surface area contributed by atoms with Crippen molar-refractivity contribution in [2.24, 2.45) is 0 Å². The Labute approximate surface area is 160 Å². The fourth-order valence-electron chi connectivity index (χ4n) is 2.38. The zero-order valence-corrected chi connectivity index (χ0v) is 16.1. The smallest absolute Gasteiger partial charge is 0.337 e. The number of allylic oxidation sites excluding steroid dienone is 2. The molecule has 1 aliphatic carbocycles. The number of halogens is 5. The molecule has 1 aromatic rings. The molecule has 1 aliphatic rings. The largest absolute Gasteiger partial charge is 0.425 e. The average Bonchev–Trinajstić information content (AvgIpc) is 2.50. The lowest BCUT2D eigenvalue weighted by molar-refractivity contribution is -0.143. The van der Waals surface area contributed by atoms with E-state index in [0.717, 1.165) is 6.42 Å². The monoisotopic (exact) mass is 414 g/mol. The number of benzene rings is 1. The van der Waals surface area contributed by atoms with Gasteiger partial charge in [0.05, 0.1) is 5.03 Å². The summed E-state index contributed by atoms with van der Waals surface area (Å²) in [5.41, 5.74) is 0.582. The van der Waals surface area contributed by atoms with Gasteiger partial charge in [-0.05, 0) is 43.4 Å². The molecule has 0 fully saturated rings. The molecular formula is C16H15Cl5O2. The van der Waals surface area contributed by atoms with Gasteiger partial charge in [0.2, 0.25) is 0 Å². The lowest BCUT2D eigenvalue weighted by atomic mass is 9.95. The Balaban J connectivity index is 2.32. The fourth-order valence-corrected chi connectivity index (χ4v) is 3.67. The van der Waals surface area contributed by atoms with E-state index in [1.807, 2.05) is 0 Å². The normalized spacial score (nSPS) is 20.1. The van der Waals surface area contributed by atoms with E-state index in [1.54, 1.807) is 31.2 Å². The lowest BCUT2D eigenvalue weighted by Gasteiger charge is -2.31. The summed E-state index contributed by atoms with van der Waals surface area (Å²) in [5.74, 6) is -0.587. The number of esters is 1. The van der Waals surface area contributed by atoms with E-state index >= 15 is 0 Å². The fraction of sp³-hybridized carbons (Fsp3) is 0.438. The molecule has 0 amide bonds. The van der Waals surface area contributed by atoms with Crippen LogP contribution in [-0.4, -0.2) is 10.3 Å². The molecule has 1 atom stereocenters. The highest BCUT2D eigenvalue weighted by molar-refractivity contribution is 6.51. The van der Waals surface area contributed by atoms with E-state index in [-0.39, 0.29) is 5.76 Å². The molecule has 126 valence electrons. The van der Waals surface area contributed by atoms with E-state index < -0.39 is 15.2 Å². The molecule has 0 saturated carbocycles. The van der Waals surface area contributed by atoms with Crippen molar-refractivity contribution in [3.05, 3.63) is 45.6 Å². The molecule has 0 bridgehead atoms. The summed E-state index contributed by atoms with van der Waals surface area (Å²) in [6.07, 6.45) is 2.06. The molecule has 23 heavy (non-hydrogen) atoms. The highest BCUT2D eigenvalue weighted by atomic mass is 35.5. The van der Waals surface area contributed by atoms with Crippen LogP contribution in [0.15, 0.2) is 35.1 Å². The van der Waals surface area contributed by atoms with Crippen molar-refractivity contribution in [1.82, 2.24) is 0 Å². The first-order valence-electron chi connectivity index (χ1n) is 7.15. The SMILES string of the molecule is CC[C@@](Cl)(C(=O)OC1=C(Cl)CCCC1(Cl)Cl)c1ccc(Cl)cc1. The van der Waals surface area contributed by atoms with Crippen molar-refractivity contribution in [2.75, 3.05) is 0 Å². The van der Waals surface area contributed by atoms with Crippen LogP contribution in [0.3, 0.4) is 0 Å². The molecular weight excluding hydrogens is 401 g/mol. The molecule has 0 aromatic heterocycles. The van der Waals surface area contributed by atoms with Gasteiger partial charge < -0.3 is 4.74 Å². The maximum Gasteiger partial charge on any atom is 0.337 e. The van der Waals surface area contributed by atoms with Gasteiger partial charge >= 0.3 is 5.97 Å². The van der Waals surface area contributed by atoms with Gasteiger partial charge in [0.1, 0.15) is 0 Å². The van der Waals surface area contributed by atoms with Gasteiger partial charge in [-0.2, -0.15) is 0 Å². The zero-order chi connectivity index (χ0) is 17.3. The summed E-state index contributed by atoms with van der Waals surface area (Å²) < 4.78 is 4.12. The molecule has 0 saturated heterocycles. The number of hydrogen-bond donors (Lipinski definition) is 0. The number of carbonyl (C=O) groups excluding carboxylic acids is 1. The Morgan fingerprint density at radius 3 is 2.39 bits per heavy atom. The first-order chi connectivity index (χ1) is 10.7. The summed E-state index contributed by atoms with van der Waals surface area (Å²) in [6, 6.07) is 6.70. The van der Waals surface area contributed by atoms with Crippen molar-refractivity contribution < 1.29 is 9.53 Å². The van der Waals surface area contributed by atoms with Crippen LogP contribution < -0.4 is 0 Å². The van der Waals surface area contributed by atoms with Crippen molar-refractivity contribution in [3.8, 4) is 0 Å². The van der Waals surface area contributed by atoms with Crippen LogP contribution in [-0.2, 0) is 14.4 Å². The summed E-state index contributed by atoms with van der Waals surface area (Å²) in [6.45, 7) is 1.79. The van der Waals surface area contributed by atoms with Gasteiger partial charge in [-0.1, -0.05) is 65.5 Å². The second-order valence-electron chi connectivity index (χ2n) is 5.34. The number of carbonyl (C=O) groups is 1. The highest BCUT2D eigenvalue weighted by Crippen LogP contribution is 2.45. The molecule has 0 N–H and O–H groups in total. The van der Waals surface area contributed by atoms with E-state index in [2.05, 4.69) is 0 Å². The van der Waals surface area contributed by atoms with Crippen LogP contribution >= 0.6 is 58.0 Å². The molecule has 0 radical (unpaired) electrons. The Morgan fingerprint density at radius 1 is 1.26 bits per heavy atom. The molecule has 2 nitrogen and oxygen atoms in total. The third kappa shape index (κ3) is 4.11. The van der Waals surface area contributed by atoms with Crippen LogP contribution in [0.4, 0.5) is 0 Å². The Kier molecular flexibility index (Phi) is 6.19. The summed E-state index contributed by atoms with van der Waals surface area (Å²) in [7, 11) is 0. The third-order valence-corrected chi connectivity index (χ3v) is 5.75. The average molecular weight is 417 g/mol. The van der Waals surface area contributed by atoms with Crippen LogP contribution in [0.1, 0.15) is 38.2 Å². The molecule has 2 rings (SSSR count). The maximum atomic E-state index is 12.7. The minimum Gasteiger partial charge on any atom is -0.425 e. The van der Waals surface area contributed by atoms with E-state index in [9.17, 15) is 4.79 Å². The number of ether oxygens (including phenoxy) is 1. The van der Waals surface area contributed by atoms with Crippen molar-refractivity contribution in [1.29, 1.82) is 0 Å². The summed E-state index contributed by atoms with van der Waals surface area (Å²) >= 11 is 31.0. The molecule has 7 heteroatoms. The molecule has 0 unspecified atom stereocenters. The van der Waals surface area contributed by atoms with Gasteiger partial charge in [-0.25, -0.2) is 4.79 Å². The van der Waals surface area contributed by atoms with Crippen molar-refractivity contribution in [2.45, 2.75) is 41.8 Å². The molecule has 0 aliphatic heterocycles. The zero-order valence-electron chi connectivity index (χ0n) is 12.3. The van der Waals surface area contributed by atoms with Gasteiger partial charge in [0, 0.05) is 5.02 Å². The second kappa shape index (κ2) is 7.41. The highest BCUT2D eigenvalue weighted by Gasteiger charge is 2.43. The number of hydrogen-bond acceptors (Lipinski definition) is 2. The van der Waals surface area contributed by atoms with Crippen molar-refractivity contribution in [3.63, 3.8) is 0 Å². The quantitative estimate of drug-likeness (QED) is 0.412.